The zero-order chi connectivity index (χ0) is 14.0. The van der Waals surface area contributed by atoms with Gasteiger partial charge in [0.2, 0.25) is 11.8 Å². The Morgan fingerprint density at radius 1 is 1.26 bits per heavy atom. The van der Waals surface area contributed by atoms with E-state index in [0.717, 1.165) is 32.1 Å². The minimum atomic E-state index is -0.964. The predicted molar refractivity (Wildman–Crippen MR) is 70.3 cm³/mol. The summed E-state index contributed by atoms with van der Waals surface area (Å²) in [6, 6.07) is -0.686. The molecular weight excluding hydrogens is 244 g/mol. The summed E-state index contributed by atoms with van der Waals surface area (Å²) in [5, 5.41) is 2.38. The van der Waals surface area contributed by atoms with Crippen LogP contribution in [0.5, 0.6) is 0 Å². The van der Waals surface area contributed by atoms with Crippen LogP contribution in [0.3, 0.4) is 0 Å². The van der Waals surface area contributed by atoms with Crippen molar-refractivity contribution in [2.24, 2.45) is 5.41 Å². The Balaban J connectivity index is 2.21. The van der Waals surface area contributed by atoms with Gasteiger partial charge >= 0.3 is 6.03 Å². The van der Waals surface area contributed by atoms with Crippen LogP contribution < -0.4 is 5.32 Å². The van der Waals surface area contributed by atoms with Crippen LogP contribution in [-0.2, 0) is 9.59 Å². The number of carbonyl (C=O) groups is 3. The number of nitrogens with zero attached hydrogens (tertiary/aromatic N) is 1. The summed E-state index contributed by atoms with van der Waals surface area (Å²) in [4.78, 5) is 37.9. The quantitative estimate of drug-likeness (QED) is 0.793. The molecule has 106 valence electrons. The molecule has 0 radical (unpaired) electrons. The van der Waals surface area contributed by atoms with E-state index in [1.54, 1.807) is 0 Å². The molecule has 5 nitrogen and oxygen atoms in total. The summed E-state index contributed by atoms with van der Waals surface area (Å²) in [5.74, 6) is -0.665. The number of unbranched alkanes of at least 4 members (excludes halogenated alkanes) is 1. The van der Waals surface area contributed by atoms with Gasteiger partial charge < -0.3 is 0 Å². The maximum absolute atomic E-state index is 12.6. The summed E-state index contributed by atoms with van der Waals surface area (Å²) >= 11 is 0. The van der Waals surface area contributed by atoms with Gasteiger partial charge in [0.1, 0.15) is 5.41 Å². The highest BCUT2D eigenvalue weighted by Gasteiger charge is 2.55. The van der Waals surface area contributed by atoms with E-state index < -0.39 is 11.4 Å². The number of nitrogens with one attached hydrogen (secondary N) is 1. The van der Waals surface area contributed by atoms with Crippen LogP contribution in [0.1, 0.15) is 58.8 Å². The van der Waals surface area contributed by atoms with E-state index in [1.807, 2.05) is 6.92 Å². The summed E-state index contributed by atoms with van der Waals surface area (Å²) in [7, 11) is 0. The molecule has 1 unspecified atom stereocenters. The van der Waals surface area contributed by atoms with E-state index in [1.165, 1.54) is 4.90 Å². The van der Waals surface area contributed by atoms with Crippen molar-refractivity contribution in [3.8, 4) is 0 Å². The first-order chi connectivity index (χ1) is 9.03. The van der Waals surface area contributed by atoms with Gasteiger partial charge in [-0.2, -0.15) is 0 Å². The monoisotopic (exact) mass is 266 g/mol. The van der Waals surface area contributed by atoms with E-state index in [9.17, 15) is 14.4 Å². The SMILES string of the molecule is CCCCC(C)N1C(=O)NC(=O)C2(CCCC2)C1=O. The third-order valence-electron chi connectivity index (χ3n) is 4.38. The summed E-state index contributed by atoms with van der Waals surface area (Å²) in [6.07, 6.45) is 5.69. The number of hydrogen-bond acceptors (Lipinski definition) is 3. The second-order valence-electron chi connectivity index (χ2n) is 5.71. The van der Waals surface area contributed by atoms with Crippen LogP contribution in [-0.4, -0.2) is 28.8 Å². The fraction of sp³-hybridized carbons (Fsp3) is 0.786. The van der Waals surface area contributed by atoms with Crippen molar-refractivity contribution in [2.45, 2.75) is 64.8 Å². The Hall–Kier alpha value is -1.39. The summed E-state index contributed by atoms with van der Waals surface area (Å²) < 4.78 is 0. The van der Waals surface area contributed by atoms with Crippen LogP contribution in [0.15, 0.2) is 0 Å². The molecule has 1 aliphatic carbocycles. The Bertz CT molecular complexity index is 399. The second kappa shape index (κ2) is 5.31. The molecule has 2 rings (SSSR count). The molecule has 4 amide bonds. The van der Waals surface area contributed by atoms with Gasteiger partial charge in [-0.25, -0.2) is 4.79 Å². The first-order valence-corrected chi connectivity index (χ1v) is 7.22. The number of hydrogen-bond donors (Lipinski definition) is 1. The molecule has 0 aromatic carbocycles. The minimum absolute atomic E-state index is 0.141. The molecular formula is C14H22N2O3. The maximum Gasteiger partial charge on any atom is 0.331 e. The lowest BCUT2D eigenvalue weighted by molar-refractivity contribution is -0.152. The molecule has 0 bridgehead atoms. The predicted octanol–water partition coefficient (Wildman–Crippen LogP) is 2.20. The largest absolute Gasteiger partial charge is 0.331 e. The van der Waals surface area contributed by atoms with Gasteiger partial charge in [0.05, 0.1) is 0 Å². The van der Waals surface area contributed by atoms with Crippen LogP contribution in [0.2, 0.25) is 0 Å². The van der Waals surface area contributed by atoms with E-state index in [-0.39, 0.29) is 17.9 Å². The first kappa shape index (κ1) is 14.0. The topological polar surface area (TPSA) is 66.5 Å². The van der Waals surface area contributed by atoms with E-state index in [0.29, 0.717) is 12.8 Å². The Morgan fingerprint density at radius 3 is 2.47 bits per heavy atom. The van der Waals surface area contributed by atoms with Gasteiger partial charge in [-0.1, -0.05) is 32.6 Å². The lowest BCUT2D eigenvalue weighted by Gasteiger charge is -2.39. The Kier molecular flexibility index (Phi) is 3.92. The zero-order valence-electron chi connectivity index (χ0n) is 11.7. The molecule has 1 saturated heterocycles. The van der Waals surface area contributed by atoms with E-state index in [4.69, 9.17) is 0 Å². The third-order valence-corrected chi connectivity index (χ3v) is 4.38. The van der Waals surface area contributed by atoms with Crippen molar-refractivity contribution < 1.29 is 14.4 Å². The normalized spacial score (nSPS) is 23.9. The van der Waals surface area contributed by atoms with E-state index in [2.05, 4.69) is 12.2 Å². The third kappa shape index (κ3) is 2.26. The number of barbiturate groups is 1. The fourth-order valence-corrected chi connectivity index (χ4v) is 3.15. The number of amides is 4. The average molecular weight is 266 g/mol. The highest BCUT2D eigenvalue weighted by molar-refractivity contribution is 6.19. The van der Waals surface area contributed by atoms with Crippen LogP contribution in [0, 0.1) is 5.41 Å². The molecule has 0 aromatic rings. The molecule has 1 N–H and O–H groups in total. The van der Waals surface area contributed by atoms with Crippen molar-refractivity contribution in [1.29, 1.82) is 0 Å². The molecule has 0 aromatic heterocycles. The molecule has 2 aliphatic rings. The van der Waals surface area contributed by atoms with Crippen molar-refractivity contribution in [1.82, 2.24) is 10.2 Å². The van der Waals surface area contributed by atoms with Crippen LogP contribution in [0.25, 0.3) is 0 Å². The molecule has 1 spiro atoms. The van der Waals surface area contributed by atoms with Gasteiger partial charge in [-0.05, 0) is 26.2 Å². The number of imide groups is 2. The molecule has 19 heavy (non-hydrogen) atoms. The van der Waals surface area contributed by atoms with Crippen LogP contribution >= 0.6 is 0 Å². The lowest BCUT2D eigenvalue weighted by atomic mass is 9.81. The molecule has 1 heterocycles. The summed E-state index contributed by atoms with van der Waals surface area (Å²) in [5.41, 5.74) is -0.964. The standard InChI is InChI=1S/C14H22N2O3/c1-3-4-7-10(2)16-12(18)14(8-5-6-9-14)11(17)15-13(16)19/h10H,3-9H2,1-2H3,(H,15,17,19). The van der Waals surface area contributed by atoms with Gasteiger partial charge in [-0.15, -0.1) is 0 Å². The van der Waals surface area contributed by atoms with Crippen LogP contribution in [0.4, 0.5) is 4.79 Å². The molecule has 5 heteroatoms. The number of urea groups is 1. The average Bonchev–Trinajstić information content (AvgIpc) is 2.85. The minimum Gasteiger partial charge on any atom is -0.277 e. The number of rotatable bonds is 4. The Morgan fingerprint density at radius 2 is 1.89 bits per heavy atom. The van der Waals surface area contributed by atoms with Gasteiger partial charge in [0, 0.05) is 6.04 Å². The number of carbonyl (C=O) groups excluding carboxylic acids is 3. The molecule has 1 atom stereocenters. The summed E-state index contributed by atoms with van der Waals surface area (Å²) in [6.45, 7) is 3.96. The highest BCUT2D eigenvalue weighted by Crippen LogP contribution is 2.42. The first-order valence-electron chi connectivity index (χ1n) is 7.22. The Labute approximate surface area is 113 Å². The van der Waals surface area contributed by atoms with Crippen molar-refractivity contribution in [2.75, 3.05) is 0 Å². The molecule has 2 fully saturated rings. The molecule has 1 aliphatic heterocycles. The highest BCUT2D eigenvalue weighted by atomic mass is 16.2. The molecule has 1 saturated carbocycles. The fourth-order valence-electron chi connectivity index (χ4n) is 3.15. The van der Waals surface area contributed by atoms with Crippen molar-refractivity contribution in [3.05, 3.63) is 0 Å². The zero-order valence-corrected chi connectivity index (χ0v) is 11.7. The second-order valence-corrected chi connectivity index (χ2v) is 5.71. The maximum atomic E-state index is 12.6. The van der Waals surface area contributed by atoms with Crippen molar-refractivity contribution >= 4 is 17.8 Å². The van der Waals surface area contributed by atoms with Gasteiger partial charge in [0.15, 0.2) is 0 Å². The lowest BCUT2D eigenvalue weighted by Crippen LogP contribution is -2.65. The van der Waals surface area contributed by atoms with E-state index >= 15 is 0 Å². The van der Waals surface area contributed by atoms with Crippen molar-refractivity contribution in [3.63, 3.8) is 0 Å². The van der Waals surface area contributed by atoms with Gasteiger partial charge in [0.25, 0.3) is 0 Å². The smallest absolute Gasteiger partial charge is 0.277 e. The van der Waals surface area contributed by atoms with Gasteiger partial charge in [-0.3, -0.25) is 19.8 Å².